The zero-order valence-corrected chi connectivity index (χ0v) is 14.8. The molecule has 22 heavy (non-hydrogen) atoms. The largest absolute Gasteiger partial charge is 0.336 e. The van der Waals surface area contributed by atoms with Crippen LogP contribution < -0.4 is 0 Å². The van der Waals surface area contributed by atoms with Crippen LogP contribution in [0.1, 0.15) is 56.0 Å². The number of benzene rings is 1. The van der Waals surface area contributed by atoms with Gasteiger partial charge in [0.25, 0.3) is 5.91 Å². The summed E-state index contributed by atoms with van der Waals surface area (Å²) in [5.41, 5.74) is 1.23. The van der Waals surface area contributed by atoms with Gasteiger partial charge in [-0.05, 0) is 37.5 Å². The maximum atomic E-state index is 12.7. The van der Waals surface area contributed by atoms with Crippen LogP contribution in [0.3, 0.4) is 0 Å². The second kappa shape index (κ2) is 8.32. The standard InChI is InChI=1S/C17H27NO3S/c1-5-7-11-18(14(3)6-2)17(19)16-10-8-9-15(12-16)13-22(4,20)21/h8-10,12,14H,5-7,11,13H2,1-4H3/t14-/m0/s1. The molecule has 1 amide bonds. The average Bonchev–Trinajstić information content (AvgIpc) is 2.45. The molecule has 0 radical (unpaired) electrons. The maximum absolute atomic E-state index is 12.7. The Bertz CT molecular complexity index is 596. The van der Waals surface area contributed by atoms with Crippen LogP contribution in [0.15, 0.2) is 24.3 Å². The minimum atomic E-state index is -3.10. The third-order valence-corrected chi connectivity index (χ3v) is 4.60. The van der Waals surface area contributed by atoms with E-state index in [1.54, 1.807) is 24.3 Å². The lowest BCUT2D eigenvalue weighted by molar-refractivity contribution is 0.0685. The summed E-state index contributed by atoms with van der Waals surface area (Å²) in [6.07, 6.45) is 4.11. The highest BCUT2D eigenvalue weighted by atomic mass is 32.2. The van der Waals surface area contributed by atoms with Crippen LogP contribution in [0.25, 0.3) is 0 Å². The van der Waals surface area contributed by atoms with Crippen LogP contribution >= 0.6 is 0 Å². The van der Waals surface area contributed by atoms with Gasteiger partial charge in [-0.1, -0.05) is 32.4 Å². The summed E-state index contributed by atoms with van der Waals surface area (Å²) in [7, 11) is -3.10. The third kappa shape index (κ3) is 5.79. The molecule has 0 saturated heterocycles. The van der Waals surface area contributed by atoms with E-state index in [0.717, 1.165) is 25.8 Å². The minimum absolute atomic E-state index is 0.0156. The Morgan fingerprint density at radius 3 is 2.50 bits per heavy atom. The summed E-state index contributed by atoms with van der Waals surface area (Å²) in [4.78, 5) is 14.6. The lowest BCUT2D eigenvalue weighted by atomic mass is 10.1. The molecular weight excluding hydrogens is 298 g/mol. The molecule has 0 bridgehead atoms. The topological polar surface area (TPSA) is 54.5 Å². The molecule has 0 aliphatic carbocycles. The molecule has 0 aliphatic rings. The van der Waals surface area contributed by atoms with Gasteiger partial charge in [-0.25, -0.2) is 8.42 Å². The molecule has 4 nitrogen and oxygen atoms in total. The summed E-state index contributed by atoms with van der Waals surface area (Å²) < 4.78 is 22.8. The lowest BCUT2D eigenvalue weighted by Gasteiger charge is -2.29. The Balaban J connectivity index is 3.00. The summed E-state index contributed by atoms with van der Waals surface area (Å²) >= 11 is 0. The van der Waals surface area contributed by atoms with Gasteiger partial charge in [0.15, 0.2) is 9.84 Å². The molecule has 0 aromatic heterocycles. The molecular formula is C17H27NO3S. The predicted octanol–water partition coefficient (Wildman–Crippen LogP) is 3.27. The number of rotatable bonds is 8. The molecule has 124 valence electrons. The van der Waals surface area contributed by atoms with Crippen molar-refractivity contribution < 1.29 is 13.2 Å². The van der Waals surface area contributed by atoms with E-state index >= 15 is 0 Å². The number of hydrogen-bond acceptors (Lipinski definition) is 3. The van der Waals surface area contributed by atoms with Crippen LogP contribution in [-0.4, -0.2) is 38.1 Å². The van der Waals surface area contributed by atoms with Gasteiger partial charge >= 0.3 is 0 Å². The van der Waals surface area contributed by atoms with Gasteiger partial charge in [-0.15, -0.1) is 0 Å². The molecule has 0 unspecified atom stereocenters. The lowest BCUT2D eigenvalue weighted by Crippen LogP contribution is -2.39. The van der Waals surface area contributed by atoms with E-state index < -0.39 is 9.84 Å². The fourth-order valence-electron chi connectivity index (χ4n) is 2.33. The Morgan fingerprint density at radius 1 is 1.27 bits per heavy atom. The van der Waals surface area contributed by atoms with Crippen molar-refractivity contribution in [2.45, 2.75) is 51.8 Å². The molecule has 5 heteroatoms. The van der Waals surface area contributed by atoms with Gasteiger partial charge < -0.3 is 4.90 Å². The number of nitrogens with zero attached hydrogens (tertiary/aromatic N) is 1. The highest BCUT2D eigenvalue weighted by Gasteiger charge is 2.20. The number of sulfone groups is 1. The normalized spacial score (nSPS) is 12.9. The predicted molar refractivity (Wildman–Crippen MR) is 90.7 cm³/mol. The van der Waals surface area contributed by atoms with E-state index in [0.29, 0.717) is 11.1 Å². The monoisotopic (exact) mass is 325 g/mol. The van der Waals surface area contributed by atoms with Gasteiger partial charge in [-0.2, -0.15) is 0 Å². The molecule has 0 aliphatic heterocycles. The number of carbonyl (C=O) groups is 1. The molecule has 1 atom stereocenters. The number of unbranched alkanes of at least 4 members (excludes halogenated alkanes) is 1. The van der Waals surface area contributed by atoms with Crippen molar-refractivity contribution in [3.8, 4) is 0 Å². The molecule has 1 rings (SSSR count). The van der Waals surface area contributed by atoms with Gasteiger partial charge in [0.1, 0.15) is 0 Å². The molecule has 0 spiro atoms. The fourth-order valence-corrected chi connectivity index (χ4v) is 3.12. The third-order valence-electron chi connectivity index (χ3n) is 3.74. The van der Waals surface area contributed by atoms with Crippen LogP contribution in [-0.2, 0) is 15.6 Å². The van der Waals surface area contributed by atoms with Crippen LogP contribution in [0.2, 0.25) is 0 Å². The quantitative estimate of drug-likeness (QED) is 0.737. The van der Waals surface area contributed by atoms with Gasteiger partial charge in [0.05, 0.1) is 5.75 Å². The van der Waals surface area contributed by atoms with Crippen LogP contribution in [0.4, 0.5) is 0 Å². The second-order valence-electron chi connectivity index (χ2n) is 5.88. The first kappa shape index (κ1) is 18.7. The molecule has 0 saturated carbocycles. The first-order valence-corrected chi connectivity index (χ1v) is 9.92. The second-order valence-corrected chi connectivity index (χ2v) is 8.02. The average molecular weight is 325 g/mol. The van der Waals surface area contributed by atoms with Gasteiger partial charge in [0.2, 0.25) is 0 Å². The van der Waals surface area contributed by atoms with E-state index in [-0.39, 0.29) is 17.7 Å². The Hall–Kier alpha value is -1.36. The van der Waals surface area contributed by atoms with E-state index in [2.05, 4.69) is 13.8 Å². The van der Waals surface area contributed by atoms with Crippen LogP contribution in [0.5, 0.6) is 0 Å². The van der Waals surface area contributed by atoms with Crippen molar-refractivity contribution in [2.24, 2.45) is 0 Å². The Kier molecular flexibility index (Phi) is 7.07. The van der Waals surface area contributed by atoms with Gasteiger partial charge in [0, 0.05) is 24.4 Å². The van der Waals surface area contributed by atoms with Gasteiger partial charge in [-0.3, -0.25) is 4.79 Å². The van der Waals surface area contributed by atoms with Crippen molar-refractivity contribution >= 4 is 15.7 Å². The van der Waals surface area contributed by atoms with Crippen LogP contribution in [0, 0.1) is 0 Å². The summed E-state index contributed by atoms with van der Waals surface area (Å²) in [5, 5.41) is 0. The Morgan fingerprint density at radius 2 is 1.95 bits per heavy atom. The highest BCUT2D eigenvalue weighted by Crippen LogP contribution is 2.15. The first-order chi connectivity index (χ1) is 10.3. The molecule has 0 N–H and O–H groups in total. The van der Waals surface area contributed by atoms with Crippen molar-refractivity contribution in [1.29, 1.82) is 0 Å². The van der Waals surface area contributed by atoms with E-state index in [9.17, 15) is 13.2 Å². The molecule has 1 aromatic rings. The summed E-state index contributed by atoms with van der Waals surface area (Å²) in [6, 6.07) is 7.14. The summed E-state index contributed by atoms with van der Waals surface area (Å²) in [6.45, 7) is 6.96. The van der Waals surface area contributed by atoms with Crippen molar-refractivity contribution in [3.05, 3.63) is 35.4 Å². The molecule has 1 aromatic carbocycles. The van der Waals surface area contributed by atoms with Crippen molar-refractivity contribution in [1.82, 2.24) is 4.90 Å². The number of carbonyl (C=O) groups excluding carboxylic acids is 1. The fraction of sp³-hybridized carbons (Fsp3) is 0.588. The van der Waals surface area contributed by atoms with Crippen molar-refractivity contribution in [3.63, 3.8) is 0 Å². The zero-order valence-electron chi connectivity index (χ0n) is 14.0. The maximum Gasteiger partial charge on any atom is 0.254 e. The summed E-state index contributed by atoms with van der Waals surface area (Å²) in [5.74, 6) is -0.0509. The van der Waals surface area contributed by atoms with E-state index in [4.69, 9.17) is 0 Å². The zero-order chi connectivity index (χ0) is 16.8. The number of hydrogen-bond donors (Lipinski definition) is 0. The minimum Gasteiger partial charge on any atom is -0.336 e. The smallest absolute Gasteiger partial charge is 0.254 e. The highest BCUT2D eigenvalue weighted by molar-refractivity contribution is 7.89. The van der Waals surface area contributed by atoms with E-state index in [1.165, 1.54) is 6.26 Å². The molecule has 0 heterocycles. The SMILES string of the molecule is CCCCN(C(=O)c1cccc(CS(C)(=O)=O)c1)[C@@H](C)CC. The van der Waals surface area contributed by atoms with Crippen molar-refractivity contribution in [2.75, 3.05) is 12.8 Å². The molecule has 0 fully saturated rings. The number of amides is 1. The van der Waals surface area contributed by atoms with E-state index in [1.807, 2.05) is 11.8 Å². The Labute approximate surface area is 134 Å². The first-order valence-electron chi connectivity index (χ1n) is 7.86.